The van der Waals surface area contributed by atoms with Crippen LogP contribution in [0.1, 0.15) is 104 Å². The number of cyclic esters (lactones) is 2. The Kier molecular flexibility index (Phi) is 11.0. The first-order valence-electron chi connectivity index (χ1n) is 9.93. The van der Waals surface area contributed by atoms with Gasteiger partial charge in [0.25, 0.3) is 0 Å². The van der Waals surface area contributed by atoms with E-state index in [1.807, 2.05) is 0 Å². The van der Waals surface area contributed by atoms with Crippen molar-refractivity contribution in [1.29, 1.82) is 0 Å². The summed E-state index contributed by atoms with van der Waals surface area (Å²) in [5.41, 5.74) is 0. The molecule has 0 spiro atoms. The molecule has 23 heavy (non-hydrogen) atoms. The van der Waals surface area contributed by atoms with E-state index in [1.165, 1.54) is 70.6 Å². The highest BCUT2D eigenvalue weighted by Gasteiger charge is 2.37. The summed E-state index contributed by atoms with van der Waals surface area (Å²) < 4.78 is 4.69. The van der Waals surface area contributed by atoms with Crippen LogP contribution in [0, 0.1) is 11.8 Å². The molecule has 1 fully saturated rings. The molecule has 0 amide bonds. The zero-order valence-corrected chi connectivity index (χ0v) is 15.3. The van der Waals surface area contributed by atoms with Crippen LogP contribution in [0.3, 0.4) is 0 Å². The monoisotopic (exact) mass is 324 g/mol. The van der Waals surface area contributed by atoms with Gasteiger partial charge < -0.3 is 4.74 Å². The number of carbonyl (C=O) groups excluding carboxylic acids is 2. The Morgan fingerprint density at radius 2 is 1.39 bits per heavy atom. The van der Waals surface area contributed by atoms with Gasteiger partial charge in [0.1, 0.15) is 0 Å². The molecule has 0 radical (unpaired) electrons. The molecule has 0 aromatic heterocycles. The zero-order chi connectivity index (χ0) is 16.9. The minimum absolute atomic E-state index is 0.171. The normalized spacial score (nSPS) is 19.1. The lowest BCUT2D eigenvalue weighted by Gasteiger charge is -2.18. The summed E-state index contributed by atoms with van der Waals surface area (Å²) in [5.74, 6) is -0.467. The molecule has 1 heterocycles. The van der Waals surface area contributed by atoms with Crippen LogP contribution in [0.4, 0.5) is 0 Å². The van der Waals surface area contributed by atoms with Crippen LogP contribution in [0.25, 0.3) is 0 Å². The molecule has 1 saturated heterocycles. The molecular weight excluding hydrogens is 288 g/mol. The molecule has 0 bridgehead atoms. The Morgan fingerprint density at radius 1 is 0.870 bits per heavy atom. The molecule has 0 aromatic carbocycles. The van der Waals surface area contributed by atoms with E-state index < -0.39 is 0 Å². The van der Waals surface area contributed by atoms with Crippen LogP contribution in [-0.4, -0.2) is 11.9 Å². The molecule has 2 unspecified atom stereocenters. The average Bonchev–Trinajstić information content (AvgIpc) is 2.87. The Morgan fingerprint density at radius 3 is 1.83 bits per heavy atom. The van der Waals surface area contributed by atoms with Gasteiger partial charge >= 0.3 is 11.9 Å². The molecular formula is C20H36O3. The van der Waals surface area contributed by atoms with Crippen LogP contribution in [-0.2, 0) is 14.3 Å². The third kappa shape index (κ3) is 8.53. The maximum absolute atomic E-state index is 11.6. The van der Waals surface area contributed by atoms with Gasteiger partial charge in [0.05, 0.1) is 12.3 Å². The first-order chi connectivity index (χ1) is 11.2. The van der Waals surface area contributed by atoms with Crippen molar-refractivity contribution in [2.75, 3.05) is 0 Å². The van der Waals surface area contributed by atoms with E-state index in [4.69, 9.17) is 0 Å². The highest BCUT2D eigenvalue weighted by Crippen LogP contribution is 2.30. The van der Waals surface area contributed by atoms with Gasteiger partial charge in [0, 0.05) is 0 Å². The molecule has 1 rings (SSSR count). The summed E-state index contributed by atoms with van der Waals surface area (Å²) >= 11 is 0. The van der Waals surface area contributed by atoms with Gasteiger partial charge in [-0.25, -0.2) is 0 Å². The van der Waals surface area contributed by atoms with Crippen molar-refractivity contribution in [3.8, 4) is 0 Å². The maximum Gasteiger partial charge on any atom is 0.317 e. The number of rotatable bonds is 14. The summed E-state index contributed by atoms with van der Waals surface area (Å²) in [4.78, 5) is 22.8. The third-order valence-corrected chi connectivity index (χ3v) is 5.18. The van der Waals surface area contributed by atoms with Gasteiger partial charge in [-0.05, 0) is 12.3 Å². The Bertz CT molecular complexity index is 338. The van der Waals surface area contributed by atoms with Crippen LogP contribution in [0.15, 0.2) is 0 Å². The molecule has 2 atom stereocenters. The van der Waals surface area contributed by atoms with E-state index in [9.17, 15) is 9.59 Å². The summed E-state index contributed by atoms with van der Waals surface area (Å²) in [5, 5.41) is 0. The fraction of sp³-hybridized carbons (Fsp3) is 0.900. The Hall–Kier alpha value is -0.860. The quantitative estimate of drug-likeness (QED) is 0.230. The average molecular weight is 325 g/mol. The van der Waals surface area contributed by atoms with Crippen molar-refractivity contribution < 1.29 is 14.3 Å². The minimum atomic E-state index is -0.336. The van der Waals surface area contributed by atoms with E-state index in [-0.39, 0.29) is 17.9 Å². The third-order valence-electron chi connectivity index (χ3n) is 5.18. The lowest BCUT2D eigenvalue weighted by molar-refractivity contribution is -0.153. The van der Waals surface area contributed by atoms with Crippen molar-refractivity contribution in [2.45, 2.75) is 104 Å². The number of esters is 2. The first-order valence-corrected chi connectivity index (χ1v) is 9.93. The molecule has 1 aliphatic rings. The van der Waals surface area contributed by atoms with Crippen molar-refractivity contribution in [2.24, 2.45) is 11.8 Å². The highest BCUT2D eigenvalue weighted by atomic mass is 16.6. The van der Waals surface area contributed by atoms with E-state index in [0.29, 0.717) is 12.3 Å². The fourth-order valence-electron chi connectivity index (χ4n) is 3.61. The van der Waals surface area contributed by atoms with Crippen LogP contribution < -0.4 is 0 Å². The topological polar surface area (TPSA) is 43.4 Å². The second-order valence-electron chi connectivity index (χ2n) is 7.10. The zero-order valence-electron chi connectivity index (χ0n) is 15.3. The van der Waals surface area contributed by atoms with E-state index in [0.717, 1.165) is 12.8 Å². The number of ether oxygens (including phenoxy) is 1. The number of hydrogen-bond acceptors (Lipinski definition) is 3. The molecule has 0 aromatic rings. The van der Waals surface area contributed by atoms with Gasteiger partial charge in [0.2, 0.25) is 0 Å². The van der Waals surface area contributed by atoms with Gasteiger partial charge in [-0.1, -0.05) is 90.9 Å². The molecule has 3 nitrogen and oxygen atoms in total. The summed E-state index contributed by atoms with van der Waals surface area (Å²) in [6, 6.07) is 0. The summed E-state index contributed by atoms with van der Waals surface area (Å²) in [7, 11) is 0. The lowest BCUT2D eigenvalue weighted by Crippen LogP contribution is -2.19. The van der Waals surface area contributed by atoms with Crippen LogP contribution in [0.2, 0.25) is 0 Å². The van der Waals surface area contributed by atoms with Gasteiger partial charge in [0.15, 0.2) is 0 Å². The predicted octanol–water partition coefficient (Wildman–Crippen LogP) is 5.80. The second-order valence-corrected chi connectivity index (χ2v) is 7.10. The Labute approximate surface area is 142 Å². The van der Waals surface area contributed by atoms with E-state index in [2.05, 4.69) is 18.6 Å². The summed E-state index contributed by atoms with van der Waals surface area (Å²) in [6.07, 6.45) is 17.1. The van der Waals surface area contributed by atoms with Crippen molar-refractivity contribution in [1.82, 2.24) is 0 Å². The molecule has 134 valence electrons. The molecule has 0 saturated carbocycles. The highest BCUT2D eigenvalue weighted by molar-refractivity contribution is 5.94. The SMILES string of the molecule is CCCCCCCCCCCCCC(CC)C1CC(=O)OC1=O. The molecule has 3 heteroatoms. The van der Waals surface area contributed by atoms with Crippen LogP contribution in [0.5, 0.6) is 0 Å². The number of unbranched alkanes of at least 4 members (excludes halogenated alkanes) is 10. The van der Waals surface area contributed by atoms with E-state index in [1.54, 1.807) is 0 Å². The number of carbonyl (C=O) groups is 2. The van der Waals surface area contributed by atoms with Crippen molar-refractivity contribution >= 4 is 11.9 Å². The van der Waals surface area contributed by atoms with Crippen LogP contribution >= 0.6 is 0 Å². The van der Waals surface area contributed by atoms with Crippen molar-refractivity contribution in [3.63, 3.8) is 0 Å². The Balaban J connectivity index is 1.97. The fourth-order valence-corrected chi connectivity index (χ4v) is 3.61. The molecule has 0 aliphatic carbocycles. The van der Waals surface area contributed by atoms with Crippen molar-refractivity contribution in [3.05, 3.63) is 0 Å². The van der Waals surface area contributed by atoms with Gasteiger partial charge in [-0.2, -0.15) is 0 Å². The van der Waals surface area contributed by atoms with E-state index >= 15 is 0 Å². The van der Waals surface area contributed by atoms with Gasteiger partial charge in [-0.15, -0.1) is 0 Å². The maximum atomic E-state index is 11.6. The first kappa shape index (κ1) is 20.2. The summed E-state index contributed by atoms with van der Waals surface area (Å²) in [6.45, 7) is 4.37. The molecule has 0 N–H and O–H groups in total. The lowest BCUT2D eigenvalue weighted by atomic mass is 9.84. The second kappa shape index (κ2) is 12.5. The minimum Gasteiger partial charge on any atom is -0.393 e. The number of hydrogen-bond donors (Lipinski definition) is 0. The largest absolute Gasteiger partial charge is 0.393 e. The standard InChI is InChI=1S/C20H36O3/c1-3-5-6-7-8-9-10-11-12-13-14-15-17(4-2)18-16-19(21)23-20(18)22/h17-18H,3-16H2,1-2H3. The smallest absolute Gasteiger partial charge is 0.317 e. The predicted molar refractivity (Wildman–Crippen MR) is 94.1 cm³/mol. The molecule has 1 aliphatic heterocycles. The van der Waals surface area contributed by atoms with Gasteiger partial charge in [-0.3, -0.25) is 9.59 Å².